The molecule has 0 fully saturated rings. The van der Waals surface area contributed by atoms with Gasteiger partial charge in [-0.1, -0.05) is 36.1 Å². The van der Waals surface area contributed by atoms with Gasteiger partial charge in [0.2, 0.25) is 0 Å². The number of allylic oxidation sites excluding steroid dienone is 2. The summed E-state index contributed by atoms with van der Waals surface area (Å²) in [4.78, 5) is 0. The van der Waals surface area contributed by atoms with E-state index in [0.717, 1.165) is 6.61 Å². The predicted octanol–water partition coefficient (Wildman–Crippen LogP) is 5.19. The molecule has 0 aromatic rings. The van der Waals surface area contributed by atoms with Gasteiger partial charge < -0.3 is 13.3 Å². The Labute approximate surface area is 150 Å². The van der Waals surface area contributed by atoms with Gasteiger partial charge in [0.25, 0.3) is 0 Å². The fourth-order valence-electron chi connectivity index (χ4n) is 3.76. The van der Waals surface area contributed by atoms with Gasteiger partial charge >= 0.3 is 9.53 Å². The largest absolute Gasteiger partial charge is 0.484 e. The van der Waals surface area contributed by atoms with Crippen LogP contribution in [0.4, 0.5) is 0 Å². The minimum Gasteiger partial charge on any atom is -0.376 e. The number of rotatable bonds is 9. The lowest BCUT2D eigenvalue weighted by molar-refractivity contribution is 0.0948. The molecule has 0 heterocycles. The van der Waals surface area contributed by atoms with Crippen molar-refractivity contribution >= 4 is 9.53 Å². The van der Waals surface area contributed by atoms with Gasteiger partial charge in [0.1, 0.15) is 0 Å². The standard InChI is InChI=1S/C20H36O3Si/c1-3-21-24(22-4-2)23-17-20(18-13-9-5-6-10-14-18)19-15-11-7-8-12-16-19/h13,15,20,24H,3-12,14,16-17H2,1-2H3. The van der Waals surface area contributed by atoms with Crippen molar-refractivity contribution in [1.82, 2.24) is 0 Å². The molecule has 0 spiro atoms. The fraction of sp³-hybridized carbons (Fsp3) is 0.800. The van der Waals surface area contributed by atoms with Gasteiger partial charge in [-0.25, -0.2) is 0 Å². The monoisotopic (exact) mass is 352 g/mol. The van der Waals surface area contributed by atoms with Crippen LogP contribution < -0.4 is 0 Å². The summed E-state index contributed by atoms with van der Waals surface area (Å²) < 4.78 is 17.6. The summed E-state index contributed by atoms with van der Waals surface area (Å²) in [5, 5.41) is 0. The molecule has 0 aromatic carbocycles. The third-order valence-electron chi connectivity index (χ3n) is 5.05. The molecule has 24 heavy (non-hydrogen) atoms. The molecule has 0 amide bonds. The van der Waals surface area contributed by atoms with Crippen molar-refractivity contribution in [2.45, 2.75) is 78.1 Å². The van der Waals surface area contributed by atoms with E-state index in [0.29, 0.717) is 19.1 Å². The van der Waals surface area contributed by atoms with E-state index in [9.17, 15) is 0 Å². The maximum absolute atomic E-state index is 6.19. The molecule has 0 atom stereocenters. The molecule has 4 heteroatoms. The summed E-state index contributed by atoms with van der Waals surface area (Å²) in [6, 6.07) is 0. The van der Waals surface area contributed by atoms with Crippen molar-refractivity contribution in [2.75, 3.05) is 19.8 Å². The third-order valence-corrected chi connectivity index (χ3v) is 6.73. The van der Waals surface area contributed by atoms with Gasteiger partial charge in [-0.2, -0.15) is 0 Å². The Bertz CT molecular complexity index is 372. The van der Waals surface area contributed by atoms with E-state index in [-0.39, 0.29) is 0 Å². The normalized spacial score (nSPS) is 19.8. The minimum absolute atomic E-state index is 0.456. The minimum atomic E-state index is -1.98. The molecule has 0 saturated heterocycles. The van der Waals surface area contributed by atoms with E-state index in [1.54, 1.807) is 11.1 Å². The van der Waals surface area contributed by atoms with Gasteiger partial charge in [-0.05, 0) is 65.2 Å². The molecule has 2 aliphatic carbocycles. The lowest BCUT2D eigenvalue weighted by Gasteiger charge is -2.25. The molecule has 138 valence electrons. The van der Waals surface area contributed by atoms with Crippen molar-refractivity contribution < 1.29 is 13.3 Å². The zero-order chi connectivity index (χ0) is 17.0. The van der Waals surface area contributed by atoms with Crippen LogP contribution in [0.5, 0.6) is 0 Å². The molecule has 3 nitrogen and oxygen atoms in total. The molecule has 0 bridgehead atoms. The Morgan fingerprint density at radius 3 is 1.83 bits per heavy atom. The van der Waals surface area contributed by atoms with Crippen molar-refractivity contribution in [3.8, 4) is 0 Å². The Morgan fingerprint density at radius 1 is 0.792 bits per heavy atom. The van der Waals surface area contributed by atoms with Crippen LogP contribution in [0.3, 0.4) is 0 Å². The van der Waals surface area contributed by atoms with Gasteiger partial charge in [0.15, 0.2) is 0 Å². The smallest absolute Gasteiger partial charge is 0.376 e. The molecule has 2 rings (SSSR count). The van der Waals surface area contributed by atoms with E-state index in [2.05, 4.69) is 12.2 Å². The summed E-state index contributed by atoms with van der Waals surface area (Å²) >= 11 is 0. The van der Waals surface area contributed by atoms with Crippen molar-refractivity contribution in [3.05, 3.63) is 23.3 Å². The summed E-state index contributed by atoms with van der Waals surface area (Å²) in [5.74, 6) is 0.456. The first-order valence-electron chi connectivity index (χ1n) is 10.1. The zero-order valence-corrected chi connectivity index (χ0v) is 16.9. The Hall–Kier alpha value is -0.423. The van der Waals surface area contributed by atoms with Crippen molar-refractivity contribution in [2.24, 2.45) is 5.92 Å². The second-order valence-electron chi connectivity index (χ2n) is 6.84. The molecule has 0 aliphatic heterocycles. The van der Waals surface area contributed by atoms with E-state index in [1.165, 1.54) is 64.2 Å². The van der Waals surface area contributed by atoms with Crippen LogP contribution in [0, 0.1) is 5.92 Å². The first kappa shape index (κ1) is 19.9. The van der Waals surface area contributed by atoms with Crippen LogP contribution in [0.1, 0.15) is 78.1 Å². The van der Waals surface area contributed by atoms with Gasteiger partial charge in [0, 0.05) is 25.7 Å². The maximum atomic E-state index is 6.19. The average Bonchev–Trinajstić information content (AvgIpc) is 3.01. The van der Waals surface area contributed by atoms with Gasteiger partial charge in [0.05, 0.1) is 0 Å². The lowest BCUT2D eigenvalue weighted by Crippen LogP contribution is -2.30. The first-order valence-corrected chi connectivity index (χ1v) is 11.5. The maximum Gasteiger partial charge on any atom is 0.484 e. The molecular weight excluding hydrogens is 316 g/mol. The van der Waals surface area contributed by atoms with Crippen LogP contribution >= 0.6 is 0 Å². The third kappa shape index (κ3) is 6.83. The van der Waals surface area contributed by atoms with Crippen LogP contribution in [-0.2, 0) is 13.3 Å². The summed E-state index contributed by atoms with van der Waals surface area (Å²) in [6.07, 6.45) is 18.0. The Kier molecular flexibility index (Phi) is 9.96. The molecule has 2 aliphatic rings. The Morgan fingerprint density at radius 2 is 1.33 bits per heavy atom. The average molecular weight is 353 g/mol. The van der Waals surface area contributed by atoms with E-state index < -0.39 is 9.53 Å². The summed E-state index contributed by atoms with van der Waals surface area (Å²) in [5.41, 5.74) is 3.22. The quantitative estimate of drug-likeness (QED) is 0.422. The highest BCUT2D eigenvalue weighted by molar-refractivity contribution is 6.36. The lowest BCUT2D eigenvalue weighted by atomic mass is 9.86. The van der Waals surface area contributed by atoms with Crippen molar-refractivity contribution in [3.63, 3.8) is 0 Å². The Balaban J connectivity index is 2.06. The number of hydrogen-bond acceptors (Lipinski definition) is 3. The van der Waals surface area contributed by atoms with E-state index in [1.807, 2.05) is 13.8 Å². The van der Waals surface area contributed by atoms with Crippen molar-refractivity contribution in [1.29, 1.82) is 0 Å². The van der Waals surface area contributed by atoms with Gasteiger partial charge in [-0.15, -0.1) is 0 Å². The second kappa shape index (κ2) is 12.0. The highest BCUT2D eigenvalue weighted by atomic mass is 28.3. The molecule has 0 aromatic heterocycles. The van der Waals surface area contributed by atoms with Crippen LogP contribution in [0.25, 0.3) is 0 Å². The second-order valence-corrected chi connectivity index (χ2v) is 8.42. The molecule has 0 N–H and O–H groups in total. The topological polar surface area (TPSA) is 27.7 Å². The molecule has 0 saturated carbocycles. The van der Waals surface area contributed by atoms with Gasteiger partial charge in [-0.3, -0.25) is 0 Å². The summed E-state index contributed by atoms with van der Waals surface area (Å²) in [7, 11) is -1.98. The molecular formula is C20H36O3Si. The highest BCUT2D eigenvalue weighted by Gasteiger charge is 2.24. The van der Waals surface area contributed by atoms with E-state index in [4.69, 9.17) is 13.3 Å². The summed E-state index contributed by atoms with van der Waals surface area (Å²) in [6.45, 7) is 6.12. The molecule has 0 unspecified atom stereocenters. The van der Waals surface area contributed by atoms with Crippen LogP contribution in [0.2, 0.25) is 0 Å². The van der Waals surface area contributed by atoms with Crippen LogP contribution in [0.15, 0.2) is 23.3 Å². The van der Waals surface area contributed by atoms with Crippen LogP contribution in [-0.4, -0.2) is 29.3 Å². The zero-order valence-electron chi connectivity index (χ0n) is 15.7. The first-order chi connectivity index (χ1) is 11.8. The molecule has 0 radical (unpaired) electrons. The predicted molar refractivity (Wildman–Crippen MR) is 102 cm³/mol. The fourth-order valence-corrected chi connectivity index (χ4v) is 4.94. The highest BCUT2D eigenvalue weighted by Crippen LogP contribution is 2.33. The number of hydrogen-bond donors (Lipinski definition) is 0. The SMILES string of the molecule is CCO[SiH](OCC)OCC(C1=CCCCCC1)C1=CCCCCC1. The van der Waals surface area contributed by atoms with E-state index >= 15 is 0 Å².